The van der Waals surface area contributed by atoms with Gasteiger partial charge in [0.05, 0.1) is 5.75 Å². The number of anilines is 1. The molecule has 31 heavy (non-hydrogen) atoms. The second-order valence-corrected chi connectivity index (χ2v) is 9.04. The van der Waals surface area contributed by atoms with Gasteiger partial charge in [-0.2, -0.15) is 0 Å². The summed E-state index contributed by atoms with van der Waals surface area (Å²) in [4.78, 5) is 23.9. The number of hydrogen-bond acceptors (Lipinski definition) is 5. The van der Waals surface area contributed by atoms with Gasteiger partial charge in [-0.15, -0.1) is 0 Å². The van der Waals surface area contributed by atoms with Crippen molar-refractivity contribution in [1.29, 1.82) is 0 Å². The second kappa shape index (κ2) is 10.4. The molecule has 0 saturated heterocycles. The standard InChI is InChI=1S/C21H24FN3O5S/c22-17-5-9-19(10-6-17)30-13-14-31(28,29)24-12-11-23-20(26)15-3-7-18(8-4-15)25-21(27)16-1-2-16/h3-10,16,24H,1-2,11-14H2,(H,23,26)(H,25,27). The molecule has 1 fully saturated rings. The van der Waals surface area contributed by atoms with Crippen molar-refractivity contribution in [3.8, 4) is 5.75 Å². The van der Waals surface area contributed by atoms with E-state index in [-0.39, 0.29) is 43.2 Å². The highest BCUT2D eigenvalue weighted by atomic mass is 32.2. The Morgan fingerprint density at radius 3 is 2.32 bits per heavy atom. The van der Waals surface area contributed by atoms with Crippen LogP contribution in [0.4, 0.5) is 10.1 Å². The zero-order chi connectivity index (χ0) is 22.3. The van der Waals surface area contributed by atoms with Crippen LogP contribution in [0.15, 0.2) is 48.5 Å². The number of halogens is 1. The summed E-state index contributed by atoms with van der Waals surface area (Å²) < 4.78 is 44.4. The fraction of sp³-hybridized carbons (Fsp3) is 0.333. The lowest BCUT2D eigenvalue weighted by molar-refractivity contribution is -0.117. The van der Waals surface area contributed by atoms with Crippen LogP contribution >= 0.6 is 0 Å². The van der Waals surface area contributed by atoms with Gasteiger partial charge in [-0.25, -0.2) is 17.5 Å². The largest absolute Gasteiger partial charge is 0.492 e. The van der Waals surface area contributed by atoms with Crippen LogP contribution in [0.3, 0.4) is 0 Å². The Morgan fingerprint density at radius 1 is 1.00 bits per heavy atom. The molecule has 0 radical (unpaired) electrons. The SMILES string of the molecule is O=C(NCCNS(=O)(=O)CCOc1ccc(F)cc1)c1ccc(NC(=O)C2CC2)cc1. The molecule has 10 heteroatoms. The zero-order valence-corrected chi connectivity index (χ0v) is 17.6. The van der Waals surface area contributed by atoms with E-state index in [4.69, 9.17) is 4.74 Å². The van der Waals surface area contributed by atoms with Gasteiger partial charge in [0, 0.05) is 30.3 Å². The van der Waals surface area contributed by atoms with E-state index in [9.17, 15) is 22.4 Å². The normalized spacial score (nSPS) is 13.5. The van der Waals surface area contributed by atoms with Crippen molar-refractivity contribution < 1.29 is 27.1 Å². The number of carbonyl (C=O) groups is 2. The van der Waals surface area contributed by atoms with Crippen molar-refractivity contribution >= 4 is 27.5 Å². The van der Waals surface area contributed by atoms with Crippen LogP contribution in [-0.4, -0.2) is 45.7 Å². The van der Waals surface area contributed by atoms with Gasteiger partial charge in [-0.3, -0.25) is 9.59 Å². The number of rotatable bonds is 11. The summed E-state index contributed by atoms with van der Waals surface area (Å²) in [7, 11) is -3.58. The lowest BCUT2D eigenvalue weighted by Gasteiger charge is -2.10. The molecule has 3 N–H and O–H groups in total. The highest BCUT2D eigenvalue weighted by molar-refractivity contribution is 7.89. The van der Waals surface area contributed by atoms with Gasteiger partial charge in [0.1, 0.15) is 18.2 Å². The van der Waals surface area contributed by atoms with Gasteiger partial charge in [-0.1, -0.05) is 0 Å². The smallest absolute Gasteiger partial charge is 0.251 e. The molecular formula is C21H24FN3O5S. The molecule has 0 bridgehead atoms. The Kier molecular flexibility index (Phi) is 7.59. The molecular weight excluding hydrogens is 425 g/mol. The van der Waals surface area contributed by atoms with Gasteiger partial charge < -0.3 is 15.4 Å². The molecule has 0 atom stereocenters. The molecule has 8 nitrogen and oxygen atoms in total. The Bertz CT molecular complexity index is 1010. The quantitative estimate of drug-likeness (QED) is 0.454. The molecule has 2 amide bonds. The lowest BCUT2D eigenvalue weighted by Crippen LogP contribution is -2.36. The predicted molar refractivity (Wildman–Crippen MR) is 114 cm³/mol. The number of amides is 2. The van der Waals surface area contributed by atoms with E-state index < -0.39 is 15.8 Å². The van der Waals surface area contributed by atoms with Crippen LogP contribution in [0, 0.1) is 11.7 Å². The van der Waals surface area contributed by atoms with Gasteiger partial charge in [-0.05, 0) is 61.4 Å². The van der Waals surface area contributed by atoms with E-state index in [2.05, 4.69) is 15.4 Å². The van der Waals surface area contributed by atoms with E-state index in [0.717, 1.165) is 12.8 Å². The Balaban J connectivity index is 1.33. The van der Waals surface area contributed by atoms with Crippen molar-refractivity contribution in [3.05, 3.63) is 59.9 Å². The molecule has 1 saturated carbocycles. The molecule has 0 heterocycles. The molecule has 2 aromatic rings. The summed E-state index contributed by atoms with van der Waals surface area (Å²) in [6.07, 6.45) is 1.83. The molecule has 0 aromatic heterocycles. The van der Waals surface area contributed by atoms with Crippen molar-refractivity contribution in [2.24, 2.45) is 5.92 Å². The number of nitrogens with one attached hydrogen (secondary N) is 3. The Hall–Kier alpha value is -2.98. The molecule has 1 aliphatic rings. The number of hydrogen-bond donors (Lipinski definition) is 3. The van der Waals surface area contributed by atoms with Gasteiger partial charge in [0.2, 0.25) is 15.9 Å². The minimum absolute atomic E-state index is 0.00690. The topological polar surface area (TPSA) is 114 Å². The summed E-state index contributed by atoms with van der Waals surface area (Å²) in [6.45, 7) is 0.0498. The van der Waals surface area contributed by atoms with Gasteiger partial charge in [0.25, 0.3) is 5.91 Å². The van der Waals surface area contributed by atoms with Gasteiger partial charge in [0.15, 0.2) is 0 Å². The highest BCUT2D eigenvalue weighted by Crippen LogP contribution is 2.30. The average Bonchev–Trinajstić information content (AvgIpc) is 3.58. The number of benzene rings is 2. The Labute approximate surface area is 180 Å². The first-order chi connectivity index (χ1) is 14.8. The van der Waals surface area contributed by atoms with Crippen LogP contribution in [-0.2, 0) is 14.8 Å². The third kappa shape index (κ3) is 7.65. The maximum atomic E-state index is 12.8. The Morgan fingerprint density at radius 2 is 1.68 bits per heavy atom. The van der Waals surface area contributed by atoms with Crippen LogP contribution in [0.25, 0.3) is 0 Å². The highest BCUT2D eigenvalue weighted by Gasteiger charge is 2.29. The molecule has 166 valence electrons. The number of sulfonamides is 1. The summed E-state index contributed by atoms with van der Waals surface area (Å²) in [5.74, 6) is -0.554. The lowest BCUT2D eigenvalue weighted by atomic mass is 10.2. The summed E-state index contributed by atoms with van der Waals surface area (Å²) >= 11 is 0. The molecule has 2 aromatic carbocycles. The average molecular weight is 450 g/mol. The number of carbonyl (C=O) groups excluding carboxylic acids is 2. The third-order valence-electron chi connectivity index (χ3n) is 4.53. The van der Waals surface area contributed by atoms with Crippen molar-refractivity contribution in [1.82, 2.24) is 10.0 Å². The minimum Gasteiger partial charge on any atom is -0.492 e. The van der Waals surface area contributed by atoms with Crippen LogP contribution in [0.1, 0.15) is 23.2 Å². The maximum absolute atomic E-state index is 12.8. The summed E-state index contributed by atoms with van der Waals surface area (Å²) in [5, 5.41) is 5.42. The number of ether oxygens (including phenoxy) is 1. The van der Waals surface area contributed by atoms with Crippen molar-refractivity contribution in [2.45, 2.75) is 12.8 Å². The van der Waals surface area contributed by atoms with Crippen molar-refractivity contribution in [2.75, 3.05) is 30.8 Å². The van der Waals surface area contributed by atoms with Crippen LogP contribution < -0.4 is 20.1 Å². The first-order valence-electron chi connectivity index (χ1n) is 9.87. The second-order valence-electron chi connectivity index (χ2n) is 7.11. The third-order valence-corrected chi connectivity index (χ3v) is 5.88. The molecule has 0 unspecified atom stereocenters. The summed E-state index contributed by atoms with van der Waals surface area (Å²) in [5.41, 5.74) is 1.03. The van der Waals surface area contributed by atoms with Crippen molar-refractivity contribution in [3.63, 3.8) is 0 Å². The fourth-order valence-corrected chi connectivity index (χ4v) is 3.51. The first-order valence-corrected chi connectivity index (χ1v) is 11.5. The molecule has 0 spiro atoms. The van der Waals surface area contributed by atoms with E-state index in [0.29, 0.717) is 17.0 Å². The molecule has 1 aliphatic carbocycles. The molecule has 0 aliphatic heterocycles. The van der Waals surface area contributed by atoms with E-state index in [1.54, 1.807) is 24.3 Å². The van der Waals surface area contributed by atoms with Crippen LogP contribution in [0.2, 0.25) is 0 Å². The maximum Gasteiger partial charge on any atom is 0.251 e. The van der Waals surface area contributed by atoms with Gasteiger partial charge >= 0.3 is 0 Å². The monoisotopic (exact) mass is 449 g/mol. The predicted octanol–water partition coefficient (Wildman–Crippen LogP) is 1.90. The summed E-state index contributed by atoms with van der Waals surface area (Å²) in [6, 6.07) is 11.8. The van der Waals surface area contributed by atoms with Crippen LogP contribution in [0.5, 0.6) is 5.75 Å². The van der Waals surface area contributed by atoms with E-state index in [1.165, 1.54) is 24.3 Å². The van der Waals surface area contributed by atoms with E-state index in [1.807, 2.05) is 0 Å². The molecule has 3 rings (SSSR count). The fourth-order valence-electron chi connectivity index (χ4n) is 2.65. The zero-order valence-electron chi connectivity index (χ0n) is 16.8. The first kappa shape index (κ1) is 22.7. The van der Waals surface area contributed by atoms with E-state index >= 15 is 0 Å². The minimum atomic E-state index is -3.58.